The average molecular weight is 439 g/mol. The summed E-state index contributed by atoms with van der Waals surface area (Å²) in [6, 6.07) is 12.4. The normalized spacial score (nSPS) is 25.6. The highest BCUT2D eigenvalue weighted by molar-refractivity contribution is 5.75. The third-order valence-corrected chi connectivity index (χ3v) is 6.63. The summed E-state index contributed by atoms with van der Waals surface area (Å²) >= 11 is 0. The van der Waals surface area contributed by atoms with Crippen LogP contribution < -0.4 is 0 Å². The maximum Gasteiger partial charge on any atom is 0.192 e. The summed E-state index contributed by atoms with van der Waals surface area (Å²) in [6.07, 6.45) is 5.40. The Balaban J connectivity index is 1.52. The van der Waals surface area contributed by atoms with E-state index in [2.05, 4.69) is 13.5 Å². The highest BCUT2D eigenvalue weighted by Crippen LogP contribution is 2.38. The number of ether oxygens (including phenoxy) is 1. The van der Waals surface area contributed by atoms with Crippen molar-refractivity contribution >= 4 is 5.57 Å². The van der Waals surface area contributed by atoms with Crippen molar-refractivity contribution in [1.82, 2.24) is 0 Å². The number of halogens is 3. The average Bonchev–Trinajstić information content (AvgIpc) is 2.81. The lowest BCUT2D eigenvalue weighted by atomic mass is 9.79. The zero-order valence-electron chi connectivity index (χ0n) is 18.4. The largest absolute Gasteiger partial charge is 0.491 e. The topological polar surface area (TPSA) is 9.23 Å². The van der Waals surface area contributed by atoms with Crippen molar-refractivity contribution in [2.24, 2.45) is 5.92 Å². The molecule has 4 heteroatoms. The van der Waals surface area contributed by atoms with E-state index in [9.17, 15) is 13.2 Å². The van der Waals surface area contributed by atoms with E-state index in [0.29, 0.717) is 22.6 Å². The molecular weight excluding hydrogens is 409 g/mol. The van der Waals surface area contributed by atoms with Crippen LogP contribution in [0.3, 0.4) is 0 Å². The lowest BCUT2D eigenvalue weighted by Crippen LogP contribution is -2.25. The van der Waals surface area contributed by atoms with Gasteiger partial charge < -0.3 is 4.74 Å². The maximum atomic E-state index is 14.9. The van der Waals surface area contributed by atoms with Gasteiger partial charge >= 0.3 is 0 Å². The third kappa shape index (κ3) is 4.69. The Kier molecular flexibility index (Phi) is 6.88. The van der Waals surface area contributed by atoms with E-state index in [4.69, 9.17) is 4.74 Å². The van der Waals surface area contributed by atoms with Crippen LogP contribution in [0, 0.1) is 11.7 Å². The molecule has 2 unspecified atom stereocenters. The lowest BCUT2D eigenvalue weighted by Gasteiger charge is -2.26. The molecule has 0 aliphatic heterocycles. The van der Waals surface area contributed by atoms with Crippen molar-refractivity contribution in [2.75, 3.05) is 6.61 Å². The van der Waals surface area contributed by atoms with Crippen LogP contribution in [0.2, 0.25) is 0 Å². The van der Waals surface area contributed by atoms with Crippen molar-refractivity contribution in [1.29, 1.82) is 0 Å². The van der Waals surface area contributed by atoms with Gasteiger partial charge in [0.05, 0.1) is 0 Å². The van der Waals surface area contributed by atoms with Gasteiger partial charge in [0.2, 0.25) is 0 Å². The number of hydrogen-bond donors (Lipinski definition) is 0. The summed E-state index contributed by atoms with van der Waals surface area (Å²) < 4.78 is 49.2. The molecule has 0 bridgehead atoms. The van der Waals surface area contributed by atoms with E-state index in [1.165, 1.54) is 31.1 Å². The molecule has 0 radical (unpaired) electrons. The van der Waals surface area contributed by atoms with Crippen molar-refractivity contribution < 1.29 is 17.9 Å². The molecule has 2 aliphatic rings. The van der Waals surface area contributed by atoms with Gasteiger partial charge in [0.1, 0.15) is 18.2 Å². The Bertz CT molecular complexity index is 1010. The monoisotopic (exact) mass is 438 g/mol. The standard InChI is InChI=1S/C28H29F3O/c1-3-16-32-26-15-14-24(27(30)28(26)31)21-10-8-20(9-11-21)23-13-12-22(17-25(23)29)19-6-4-18(2)5-7-19/h3,8-15,17-19,27-28H,1,4-7,16H2,2H3. The summed E-state index contributed by atoms with van der Waals surface area (Å²) in [4.78, 5) is 0. The van der Waals surface area contributed by atoms with E-state index < -0.39 is 12.3 Å². The van der Waals surface area contributed by atoms with Crippen LogP contribution in [-0.4, -0.2) is 19.0 Å². The Labute approximate surface area is 188 Å². The van der Waals surface area contributed by atoms with Crippen molar-refractivity contribution in [3.8, 4) is 11.1 Å². The molecule has 2 aromatic rings. The number of hydrogen-bond acceptors (Lipinski definition) is 1. The fraction of sp³-hybridized carbons (Fsp3) is 0.357. The van der Waals surface area contributed by atoms with Crippen LogP contribution >= 0.6 is 0 Å². The third-order valence-electron chi connectivity index (χ3n) is 6.63. The zero-order valence-corrected chi connectivity index (χ0v) is 18.4. The quantitative estimate of drug-likeness (QED) is 0.416. The molecule has 2 aromatic carbocycles. The van der Waals surface area contributed by atoms with Gasteiger partial charge in [-0.25, -0.2) is 13.2 Å². The number of allylic oxidation sites excluding steroid dienone is 4. The fourth-order valence-corrected chi connectivity index (χ4v) is 4.65. The first kappa shape index (κ1) is 22.4. The molecule has 2 aliphatic carbocycles. The van der Waals surface area contributed by atoms with Crippen LogP contribution in [0.15, 0.2) is 73.0 Å². The molecule has 0 amide bonds. The molecule has 4 rings (SSSR count). The van der Waals surface area contributed by atoms with E-state index in [1.807, 2.05) is 12.1 Å². The predicted octanol–water partition coefficient (Wildman–Crippen LogP) is 7.95. The summed E-state index contributed by atoms with van der Waals surface area (Å²) in [5.74, 6) is 0.905. The molecule has 0 heterocycles. The van der Waals surface area contributed by atoms with E-state index in [1.54, 1.807) is 30.3 Å². The Hall–Kier alpha value is -2.75. The SMILES string of the molecule is C=CCOC1=CC=C(c2ccc(-c3ccc(C4CCC(C)CC4)cc3F)cc2)C(F)C1F. The van der Waals surface area contributed by atoms with Crippen molar-refractivity contribution in [3.05, 3.63) is 90.0 Å². The molecule has 0 spiro atoms. The van der Waals surface area contributed by atoms with Crippen LogP contribution in [0.4, 0.5) is 13.2 Å². The van der Waals surface area contributed by atoms with Gasteiger partial charge in [0.25, 0.3) is 0 Å². The molecule has 168 valence electrons. The molecular formula is C28H29F3O. The van der Waals surface area contributed by atoms with Gasteiger partial charge in [0.15, 0.2) is 12.3 Å². The molecule has 0 N–H and O–H groups in total. The molecule has 0 aromatic heterocycles. The second kappa shape index (κ2) is 9.81. The highest BCUT2D eigenvalue weighted by Gasteiger charge is 2.32. The van der Waals surface area contributed by atoms with Gasteiger partial charge in [-0.2, -0.15) is 0 Å². The first-order chi connectivity index (χ1) is 15.5. The second-order valence-corrected chi connectivity index (χ2v) is 8.87. The lowest BCUT2D eigenvalue weighted by molar-refractivity contribution is 0.136. The van der Waals surface area contributed by atoms with Crippen molar-refractivity contribution in [3.63, 3.8) is 0 Å². The second-order valence-electron chi connectivity index (χ2n) is 8.87. The van der Waals surface area contributed by atoms with E-state index in [0.717, 1.165) is 24.3 Å². The van der Waals surface area contributed by atoms with Gasteiger partial charge in [-0.05, 0) is 59.1 Å². The number of rotatable bonds is 6. The van der Waals surface area contributed by atoms with Crippen LogP contribution in [-0.2, 0) is 4.74 Å². The molecule has 1 fully saturated rings. The summed E-state index contributed by atoms with van der Waals surface area (Å²) in [5, 5.41) is 0. The molecule has 32 heavy (non-hydrogen) atoms. The summed E-state index contributed by atoms with van der Waals surface area (Å²) in [5.41, 5.74) is 3.11. The Morgan fingerprint density at radius 1 is 0.938 bits per heavy atom. The van der Waals surface area contributed by atoms with Gasteiger partial charge in [0, 0.05) is 5.56 Å². The van der Waals surface area contributed by atoms with Gasteiger partial charge in [-0.3, -0.25) is 0 Å². The highest BCUT2D eigenvalue weighted by atomic mass is 19.2. The van der Waals surface area contributed by atoms with Crippen LogP contribution in [0.5, 0.6) is 0 Å². The van der Waals surface area contributed by atoms with E-state index in [-0.39, 0.29) is 23.8 Å². The Morgan fingerprint density at radius 3 is 2.28 bits per heavy atom. The van der Waals surface area contributed by atoms with Gasteiger partial charge in [-0.1, -0.05) is 74.9 Å². The molecule has 2 atom stereocenters. The van der Waals surface area contributed by atoms with Crippen molar-refractivity contribution in [2.45, 2.75) is 50.9 Å². The number of benzene rings is 2. The molecule has 1 nitrogen and oxygen atoms in total. The summed E-state index contributed by atoms with van der Waals surface area (Å²) in [7, 11) is 0. The van der Waals surface area contributed by atoms with Crippen LogP contribution in [0.25, 0.3) is 16.7 Å². The van der Waals surface area contributed by atoms with Gasteiger partial charge in [-0.15, -0.1) is 0 Å². The smallest absolute Gasteiger partial charge is 0.192 e. The van der Waals surface area contributed by atoms with E-state index >= 15 is 0 Å². The number of alkyl halides is 2. The summed E-state index contributed by atoms with van der Waals surface area (Å²) in [6.45, 7) is 5.91. The minimum Gasteiger partial charge on any atom is -0.491 e. The first-order valence-corrected chi connectivity index (χ1v) is 11.3. The first-order valence-electron chi connectivity index (χ1n) is 11.3. The minimum atomic E-state index is -1.86. The molecule has 0 saturated heterocycles. The van der Waals surface area contributed by atoms with Crippen LogP contribution in [0.1, 0.15) is 49.7 Å². The minimum absolute atomic E-state index is 0.0349. The maximum absolute atomic E-state index is 14.9. The Morgan fingerprint density at radius 2 is 1.62 bits per heavy atom. The molecule has 1 saturated carbocycles. The fourth-order valence-electron chi connectivity index (χ4n) is 4.65. The predicted molar refractivity (Wildman–Crippen MR) is 124 cm³/mol. The zero-order chi connectivity index (χ0) is 22.7.